The van der Waals surface area contributed by atoms with Gasteiger partial charge in [-0.2, -0.15) is 13.2 Å². The molecule has 2 aliphatic heterocycles. The van der Waals surface area contributed by atoms with Crippen LogP contribution in [0.15, 0.2) is 24.3 Å². The maximum atomic E-state index is 12.9. The molecule has 2 heterocycles. The van der Waals surface area contributed by atoms with E-state index >= 15 is 0 Å². The molecule has 0 aromatic heterocycles. The quantitative estimate of drug-likeness (QED) is 0.776. The molecule has 1 amide bonds. The zero-order chi connectivity index (χ0) is 17.7. The molecule has 3 rings (SSSR count). The Balaban J connectivity index is 1.71. The molecule has 1 aromatic carbocycles. The van der Waals surface area contributed by atoms with Crippen LogP contribution >= 0.6 is 0 Å². The third kappa shape index (κ3) is 3.30. The second kappa shape index (κ2) is 5.57. The van der Waals surface area contributed by atoms with Crippen molar-refractivity contribution in [3.63, 3.8) is 0 Å². The summed E-state index contributed by atoms with van der Waals surface area (Å²) < 4.78 is 44.0. The minimum absolute atomic E-state index is 0.0145. The monoisotopic (exact) mass is 342 g/mol. The van der Waals surface area contributed by atoms with Crippen molar-refractivity contribution < 1.29 is 22.7 Å². The second-order valence-electron chi connectivity index (χ2n) is 7.38. The third-order valence-electron chi connectivity index (χ3n) is 4.37. The molecule has 7 heteroatoms. The van der Waals surface area contributed by atoms with Crippen LogP contribution in [0.25, 0.3) is 0 Å². The summed E-state index contributed by atoms with van der Waals surface area (Å²) in [4.78, 5) is 15.9. The molecule has 2 atom stereocenters. The number of amides is 1. The van der Waals surface area contributed by atoms with E-state index in [-0.39, 0.29) is 18.2 Å². The van der Waals surface area contributed by atoms with Crippen LogP contribution in [0.1, 0.15) is 32.8 Å². The summed E-state index contributed by atoms with van der Waals surface area (Å²) in [5.41, 5.74) is -0.646. The van der Waals surface area contributed by atoms with Crippen molar-refractivity contribution in [2.24, 2.45) is 0 Å². The molecule has 1 aromatic rings. The van der Waals surface area contributed by atoms with E-state index < -0.39 is 17.3 Å². The number of nitrogens with zero attached hydrogens (tertiary/aromatic N) is 2. The first-order valence-electron chi connectivity index (χ1n) is 7.98. The van der Waals surface area contributed by atoms with Crippen molar-refractivity contribution in [1.82, 2.24) is 4.90 Å². The molecule has 4 nitrogen and oxygen atoms in total. The average Bonchev–Trinajstić information content (AvgIpc) is 3.04. The number of benzene rings is 1. The van der Waals surface area contributed by atoms with Gasteiger partial charge in [-0.05, 0) is 45.4 Å². The molecule has 24 heavy (non-hydrogen) atoms. The fourth-order valence-corrected chi connectivity index (χ4v) is 3.39. The highest BCUT2D eigenvalue weighted by atomic mass is 19.4. The van der Waals surface area contributed by atoms with Gasteiger partial charge in [0.25, 0.3) is 0 Å². The summed E-state index contributed by atoms with van der Waals surface area (Å²) in [5.74, 6) is 0. The van der Waals surface area contributed by atoms with E-state index in [0.717, 1.165) is 12.5 Å². The van der Waals surface area contributed by atoms with Crippen LogP contribution in [0.3, 0.4) is 0 Å². The van der Waals surface area contributed by atoms with Gasteiger partial charge in [0.15, 0.2) is 0 Å². The maximum absolute atomic E-state index is 12.9. The van der Waals surface area contributed by atoms with Crippen LogP contribution in [0.4, 0.5) is 23.7 Å². The number of hydrogen-bond donors (Lipinski definition) is 0. The smallest absolute Gasteiger partial charge is 0.416 e. The molecule has 0 spiro atoms. The van der Waals surface area contributed by atoms with Crippen LogP contribution in [0.5, 0.6) is 0 Å². The van der Waals surface area contributed by atoms with Crippen molar-refractivity contribution in [2.75, 3.05) is 18.0 Å². The summed E-state index contributed by atoms with van der Waals surface area (Å²) >= 11 is 0. The molecule has 2 saturated heterocycles. The van der Waals surface area contributed by atoms with Gasteiger partial charge in [0.05, 0.1) is 11.6 Å². The molecule has 2 fully saturated rings. The maximum Gasteiger partial charge on any atom is 0.416 e. The molecular weight excluding hydrogens is 321 g/mol. The molecule has 0 aliphatic carbocycles. The van der Waals surface area contributed by atoms with Crippen LogP contribution < -0.4 is 4.90 Å². The Morgan fingerprint density at radius 3 is 2.42 bits per heavy atom. The van der Waals surface area contributed by atoms with E-state index in [1.54, 1.807) is 11.0 Å². The SMILES string of the molecule is CC(C)(C)OC(=O)N1C[C@@H]2C[C@@H]1CN2c1cccc(C(F)(F)F)c1. The van der Waals surface area contributed by atoms with Gasteiger partial charge in [0, 0.05) is 24.8 Å². The highest BCUT2D eigenvalue weighted by molar-refractivity contribution is 5.70. The van der Waals surface area contributed by atoms with Crippen molar-refractivity contribution in [3.05, 3.63) is 29.8 Å². The van der Waals surface area contributed by atoms with Crippen molar-refractivity contribution in [1.29, 1.82) is 0 Å². The minimum Gasteiger partial charge on any atom is -0.444 e. The number of rotatable bonds is 1. The number of hydrogen-bond acceptors (Lipinski definition) is 3. The number of carbonyl (C=O) groups is 1. The molecule has 0 saturated carbocycles. The average molecular weight is 342 g/mol. The molecule has 0 radical (unpaired) electrons. The number of fused-ring (bicyclic) bond motifs is 2. The van der Waals surface area contributed by atoms with Gasteiger partial charge in [0.2, 0.25) is 0 Å². The number of piperazine rings is 1. The minimum atomic E-state index is -4.35. The molecule has 0 N–H and O–H groups in total. The summed E-state index contributed by atoms with van der Waals surface area (Å²) in [7, 11) is 0. The first kappa shape index (κ1) is 16.9. The molecular formula is C17H21F3N2O2. The normalized spacial score (nSPS) is 23.8. The number of anilines is 1. The van der Waals surface area contributed by atoms with E-state index in [1.807, 2.05) is 25.7 Å². The number of likely N-dealkylation sites (tertiary alicyclic amines) is 1. The van der Waals surface area contributed by atoms with Gasteiger partial charge >= 0.3 is 12.3 Å². The fraction of sp³-hybridized carbons (Fsp3) is 0.588. The third-order valence-corrected chi connectivity index (χ3v) is 4.37. The van der Waals surface area contributed by atoms with Crippen LogP contribution in [0, 0.1) is 0 Å². The molecule has 0 unspecified atom stereocenters. The largest absolute Gasteiger partial charge is 0.444 e. The lowest BCUT2D eigenvalue weighted by atomic mass is 10.1. The zero-order valence-corrected chi connectivity index (χ0v) is 13.9. The van der Waals surface area contributed by atoms with Crippen LogP contribution in [0.2, 0.25) is 0 Å². The highest BCUT2D eigenvalue weighted by Gasteiger charge is 2.46. The van der Waals surface area contributed by atoms with E-state index in [1.165, 1.54) is 12.1 Å². The Morgan fingerprint density at radius 1 is 1.17 bits per heavy atom. The Kier molecular flexibility index (Phi) is 3.92. The van der Waals surface area contributed by atoms with Crippen molar-refractivity contribution in [3.8, 4) is 0 Å². The lowest BCUT2D eigenvalue weighted by molar-refractivity contribution is -0.137. The first-order valence-corrected chi connectivity index (χ1v) is 7.98. The van der Waals surface area contributed by atoms with Gasteiger partial charge < -0.3 is 14.5 Å². The van der Waals surface area contributed by atoms with Crippen molar-refractivity contribution in [2.45, 2.75) is 51.1 Å². The van der Waals surface area contributed by atoms with Crippen LogP contribution in [-0.4, -0.2) is 41.8 Å². The first-order chi connectivity index (χ1) is 11.0. The van der Waals surface area contributed by atoms with Gasteiger partial charge in [-0.15, -0.1) is 0 Å². The second-order valence-corrected chi connectivity index (χ2v) is 7.38. The summed E-state index contributed by atoms with van der Waals surface area (Å²) in [5, 5.41) is 0. The van der Waals surface area contributed by atoms with Crippen molar-refractivity contribution >= 4 is 11.8 Å². The number of halogens is 3. The Morgan fingerprint density at radius 2 is 1.88 bits per heavy atom. The standard InChI is InChI=1S/C17H21F3N2O2/c1-16(2,3)24-15(23)22-10-13-8-14(22)9-21(13)12-6-4-5-11(7-12)17(18,19)20/h4-7,13-14H,8-10H2,1-3H3/t13-,14+/m0/s1. The number of alkyl halides is 3. The molecule has 132 valence electrons. The predicted octanol–water partition coefficient (Wildman–Crippen LogP) is 3.90. The Hall–Kier alpha value is -1.92. The van der Waals surface area contributed by atoms with Gasteiger partial charge in [-0.3, -0.25) is 0 Å². The highest BCUT2D eigenvalue weighted by Crippen LogP contribution is 2.38. The topological polar surface area (TPSA) is 32.8 Å². The summed E-state index contributed by atoms with van der Waals surface area (Å²) in [6.45, 7) is 6.46. The van der Waals surface area contributed by atoms with Gasteiger partial charge in [-0.1, -0.05) is 6.07 Å². The fourth-order valence-electron chi connectivity index (χ4n) is 3.39. The van der Waals surface area contributed by atoms with Gasteiger partial charge in [0.1, 0.15) is 5.60 Å². The number of ether oxygens (including phenoxy) is 1. The van der Waals surface area contributed by atoms with E-state index in [4.69, 9.17) is 4.74 Å². The van der Waals surface area contributed by atoms with E-state index in [0.29, 0.717) is 18.8 Å². The lowest BCUT2D eigenvalue weighted by Gasteiger charge is -2.36. The summed E-state index contributed by atoms with van der Waals surface area (Å²) in [6, 6.07) is 5.39. The Bertz CT molecular complexity index is 639. The lowest BCUT2D eigenvalue weighted by Crippen LogP contribution is -2.50. The predicted molar refractivity (Wildman–Crippen MR) is 83.9 cm³/mol. The Labute approximate surface area is 139 Å². The molecule has 2 bridgehead atoms. The number of carbonyl (C=O) groups excluding carboxylic acids is 1. The summed E-state index contributed by atoms with van der Waals surface area (Å²) in [6.07, 6.45) is -3.94. The van der Waals surface area contributed by atoms with Gasteiger partial charge in [-0.25, -0.2) is 4.79 Å². The van der Waals surface area contributed by atoms with Crippen LogP contribution in [-0.2, 0) is 10.9 Å². The van der Waals surface area contributed by atoms with E-state index in [2.05, 4.69) is 0 Å². The van der Waals surface area contributed by atoms with E-state index in [9.17, 15) is 18.0 Å². The molecule has 2 aliphatic rings. The zero-order valence-electron chi connectivity index (χ0n) is 13.9.